The van der Waals surface area contributed by atoms with Gasteiger partial charge in [-0.3, -0.25) is 4.79 Å². The van der Waals surface area contributed by atoms with E-state index in [2.05, 4.69) is 4.98 Å². The number of hydrogen-bond donors (Lipinski definition) is 1. The highest BCUT2D eigenvalue weighted by molar-refractivity contribution is 6.09. The SMILES string of the molecule is O=C(c1c[nH]c2ccccc12)C1CCC1. The van der Waals surface area contributed by atoms with Crippen molar-refractivity contribution in [1.82, 2.24) is 4.98 Å². The zero-order chi connectivity index (χ0) is 10.3. The minimum Gasteiger partial charge on any atom is -0.360 e. The molecule has 1 saturated carbocycles. The number of carbonyl (C=O) groups excluding carboxylic acids is 1. The molecule has 1 aliphatic rings. The van der Waals surface area contributed by atoms with Crippen LogP contribution in [-0.2, 0) is 0 Å². The number of fused-ring (bicyclic) bond motifs is 1. The summed E-state index contributed by atoms with van der Waals surface area (Å²) in [6.07, 6.45) is 5.20. The van der Waals surface area contributed by atoms with Gasteiger partial charge in [0.05, 0.1) is 0 Å². The fourth-order valence-corrected chi connectivity index (χ4v) is 2.17. The van der Waals surface area contributed by atoms with E-state index in [0.29, 0.717) is 5.78 Å². The average Bonchev–Trinajstić information content (AvgIpc) is 2.58. The Hall–Kier alpha value is -1.57. The summed E-state index contributed by atoms with van der Waals surface area (Å²) < 4.78 is 0. The van der Waals surface area contributed by atoms with Crippen LogP contribution >= 0.6 is 0 Å². The van der Waals surface area contributed by atoms with Crippen molar-refractivity contribution in [1.29, 1.82) is 0 Å². The lowest BCUT2D eigenvalue weighted by molar-refractivity contribution is 0.0857. The molecule has 76 valence electrons. The van der Waals surface area contributed by atoms with Gasteiger partial charge in [-0.25, -0.2) is 0 Å². The Kier molecular flexibility index (Phi) is 1.88. The number of benzene rings is 1. The van der Waals surface area contributed by atoms with Gasteiger partial charge >= 0.3 is 0 Å². The van der Waals surface area contributed by atoms with Crippen molar-refractivity contribution >= 4 is 16.7 Å². The van der Waals surface area contributed by atoms with Crippen molar-refractivity contribution in [3.8, 4) is 0 Å². The lowest BCUT2D eigenvalue weighted by Crippen LogP contribution is -2.21. The van der Waals surface area contributed by atoms with E-state index < -0.39 is 0 Å². The van der Waals surface area contributed by atoms with Crippen LogP contribution in [-0.4, -0.2) is 10.8 Å². The number of para-hydroxylation sites is 1. The van der Waals surface area contributed by atoms with E-state index in [0.717, 1.165) is 29.3 Å². The van der Waals surface area contributed by atoms with Crippen molar-refractivity contribution in [3.63, 3.8) is 0 Å². The Labute approximate surface area is 88.3 Å². The Balaban J connectivity index is 2.06. The van der Waals surface area contributed by atoms with Gasteiger partial charge in [0, 0.05) is 28.6 Å². The summed E-state index contributed by atoms with van der Waals surface area (Å²) in [6, 6.07) is 7.98. The number of Topliss-reactive ketones (excluding diaryl/α,β-unsaturated/α-hetero) is 1. The molecule has 1 fully saturated rings. The molecular formula is C13H13NO. The summed E-state index contributed by atoms with van der Waals surface area (Å²) >= 11 is 0. The van der Waals surface area contributed by atoms with E-state index >= 15 is 0 Å². The maximum absolute atomic E-state index is 12.1. The maximum Gasteiger partial charge on any atom is 0.168 e. The van der Waals surface area contributed by atoms with Crippen molar-refractivity contribution in [2.75, 3.05) is 0 Å². The highest BCUT2D eigenvalue weighted by Gasteiger charge is 2.27. The monoisotopic (exact) mass is 199 g/mol. The third kappa shape index (κ3) is 1.29. The Morgan fingerprint density at radius 2 is 2.07 bits per heavy atom. The number of carbonyl (C=O) groups is 1. The first-order chi connectivity index (χ1) is 7.36. The molecular weight excluding hydrogens is 186 g/mol. The summed E-state index contributed by atoms with van der Waals surface area (Å²) in [4.78, 5) is 15.2. The molecule has 0 atom stereocenters. The van der Waals surface area contributed by atoms with Gasteiger partial charge in [-0.05, 0) is 18.9 Å². The zero-order valence-corrected chi connectivity index (χ0v) is 8.49. The minimum absolute atomic E-state index is 0.282. The van der Waals surface area contributed by atoms with Crippen molar-refractivity contribution in [2.24, 2.45) is 5.92 Å². The van der Waals surface area contributed by atoms with E-state index in [-0.39, 0.29) is 5.92 Å². The molecule has 2 aromatic rings. The molecule has 1 aliphatic carbocycles. The van der Waals surface area contributed by atoms with Gasteiger partial charge in [0.2, 0.25) is 0 Å². The number of ketones is 1. The van der Waals surface area contributed by atoms with Crippen LogP contribution in [0.2, 0.25) is 0 Å². The molecule has 1 heterocycles. The summed E-state index contributed by atoms with van der Waals surface area (Å²) in [5.74, 6) is 0.600. The molecule has 0 saturated heterocycles. The van der Waals surface area contributed by atoms with Gasteiger partial charge in [0.25, 0.3) is 0 Å². The lowest BCUT2D eigenvalue weighted by atomic mass is 9.80. The fraction of sp³-hybridized carbons (Fsp3) is 0.308. The van der Waals surface area contributed by atoms with Crippen LogP contribution in [0.15, 0.2) is 30.5 Å². The van der Waals surface area contributed by atoms with Crippen LogP contribution in [0.5, 0.6) is 0 Å². The molecule has 0 amide bonds. The number of aromatic nitrogens is 1. The Bertz CT molecular complexity index is 508. The van der Waals surface area contributed by atoms with Crippen LogP contribution < -0.4 is 0 Å². The van der Waals surface area contributed by atoms with Gasteiger partial charge in [-0.1, -0.05) is 24.6 Å². The minimum atomic E-state index is 0.282. The maximum atomic E-state index is 12.1. The first-order valence-corrected chi connectivity index (χ1v) is 5.46. The summed E-state index contributed by atoms with van der Waals surface area (Å²) in [5, 5.41) is 1.06. The van der Waals surface area contributed by atoms with E-state index in [1.54, 1.807) is 0 Å². The van der Waals surface area contributed by atoms with E-state index in [1.807, 2.05) is 30.5 Å². The first-order valence-electron chi connectivity index (χ1n) is 5.46. The Morgan fingerprint density at radius 3 is 2.80 bits per heavy atom. The van der Waals surface area contributed by atoms with E-state index in [9.17, 15) is 4.79 Å². The van der Waals surface area contributed by atoms with Gasteiger partial charge in [-0.15, -0.1) is 0 Å². The van der Waals surface area contributed by atoms with Gasteiger partial charge in [0.1, 0.15) is 0 Å². The highest BCUT2D eigenvalue weighted by Crippen LogP contribution is 2.31. The van der Waals surface area contributed by atoms with Gasteiger partial charge in [0.15, 0.2) is 5.78 Å². The molecule has 0 bridgehead atoms. The molecule has 2 heteroatoms. The first kappa shape index (κ1) is 8.72. The number of rotatable bonds is 2. The molecule has 1 aromatic heterocycles. The molecule has 0 radical (unpaired) electrons. The van der Waals surface area contributed by atoms with Crippen LogP contribution in [0, 0.1) is 5.92 Å². The second-order valence-electron chi connectivity index (χ2n) is 4.24. The molecule has 0 aliphatic heterocycles. The highest BCUT2D eigenvalue weighted by atomic mass is 16.1. The Morgan fingerprint density at radius 1 is 1.27 bits per heavy atom. The molecule has 0 unspecified atom stereocenters. The molecule has 2 nitrogen and oxygen atoms in total. The quantitative estimate of drug-likeness (QED) is 0.740. The van der Waals surface area contributed by atoms with Gasteiger partial charge in [-0.2, -0.15) is 0 Å². The van der Waals surface area contributed by atoms with Crippen LogP contribution in [0.25, 0.3) is 10.9 Å². The smallest absolute Gasteiger partial charge is 0.168 e. The number of hydrogen-bond acceptors (Lipinski definition) is 1. The van der Waals surface area contributed by atoms with Crippen molar-refractivity contribution < 1.29 is 4.79 Å². The van der Waals surface area contributed by atoms with E-state index in [4.69, 9.17) is 0 Å². The number of aromatic amines is 1. The van der Waals surface area contributed by atoms with Crippen molar-refractivity contribution in [2.45, 2.75) is 19.3 Å². The van der Waals surface area contributed by atoms with Crippen LogP contribution in [0.4, 0.5) is 0 Å². The molecule has 15 heavy (non-hydrogen) atoms. The normalized spacial score (nSPS) is 16.5. The topological polar surface area (TPSA) is 32.9 Å². The van der Waals surface area contributed by atoms with E-state index in [1.165, 1.54) is 6.42 Å². The summed E-state index contributed by atoms with van der Waals surface area (Å²) in [6.45, 7) is 0. The third-order valence-electron chi connectivity index (χ3n) is 3.33. The summed E-state index contributed by atoms with van der Waals surface area (Å²) in [5.41, 5.74) is 1.93. The zero-order valence-electron chi connectivity index (χ0n) is 8.49. The number of H-pyrrole nitrogens is 1. The predicted octanol–water partition coefficient (Wildman–Crippen LogP) is 3.15. The second kappa shape index (κ2) is 3.23. The molecule has 3 rings (SSSR count). The average molecular weight is 199 g/mol. The second-order valence-corrected chi connectivity index (χ2v) is 4.24. The molecule has 0 spiro atoms. The predicted molar refractivity (Wildman–Crippen MR) is 60.0 cm³/mol. The van der Waals surface area contributed by atoms with Gasteiger partial charge < -0.3 is 4.98 Å². The van der Waals surface area contributed by atoms with Crippen molar-refractivity contribution in [3.05, 3.63) is 36.0 Å². The lowest BCUT2D eigenvalue weighted by Gasteiger charge is -2.23. The summed E-state index contributed by atoms with van der Waals surface area (Å²) in [7, 11) is 0. The largest absolute Gasteiger partial charge is 0.360 e. The molecule has 1 N–H and O–H groups in total. The number of nitrogens with one attached hydrogen (secondary N) is 1. The molecule has 1 aromatic carbocycles. The van der Waals surface area contributed by atoms with Crippen LogP contribution in [0.3, 0.4) is 0 Å². The van der Waals surface area contributed by atoms with Crippen LogP contribution in [0.1, 0.15) is 29.6 Å². The third-order valence-corrected chi connectivity index (χ3v) is 3.33. The fourth-order valence-electron chi connectivity index (χ4n) is 2.17. The standard InChI is InChI=1S/C13H13NO/c15-13(9-4-3-5-9)11-8-14-12-7-2-1-6-10(11)12/h1-2,6-9,14H,3-5H2.